The summed E-state index contributed by atoms with van der Waals surface area (Å²) in [7, 11) is 2.11. The van der Waals surface area contributed by atoms with Crippen LogP contribution in [0.4, 0.5) is 5.82 Å². The van der Waals surface area contributed by atoms with Crippen LogP contribution in [0.3, 0.4) is 0 Å². The van der Waals surface area contributed by atoms with E-state index < -0.39 is 0 Å². The fourth-order valence-electron chi connectivity index (χ4n) is 1.84. The van der Waals surface area contributed by atoms with E-state index in [0.717, 1.165) is 17.1 Å². The van der Waals surface area contributed by atoms with Gasteiger partial charge < -0.3 is 10.6 Å². The molecule has 0 saturated heterocycles. The Morgan fingerprint density at radius 2 is 1.78 bits per heavy atom. The van der Waals surface area contributed by atoms with Crippen molar-refractivity contribution in [2.24, 2.45) is 11.7 Å². The Bertz CT molecular complexity index is 385. The highest BCUT2D eigenvalue weighted by molar-refractivity contribution is 5.43. The molecule has 18 heavy (non-hydrogen) atoms. The van der Waals surface area contributed by atoms with Crippen LogP contribution in [0.5, 0.6) is 0 Å². The summed E-state index contributed by atoms with van der Waals surface area (Å²) < 4.78 is 0. The minimum atomic E-state index is 0.429. The summed E-state index contributed by atoms with van der Waals surface area (Å²) >= 11 is 0. The Morgan fingerprint density at radius 3 is 2.22 bits per heavy atom. The van der Waals surface area contributed by atoms with Gasteiger partial charge in [-0.1, -0.05) is 27.7 Å². The number of hydrogen-bond acceptors (Lipinski definition) is 3. The third-order valence-electron chi connectivity index (χ3n) is 3.66. The lowest BCUT2D eigenvalue weighted by Gasteiger charge is -2.30. The Morgan fingerprint density at radius 1 is 1.17 bits per heavy atom. The van der Waals surface area contributed by atoms with Gasteiger partial charge >= 0.3 is 0 Å². The van der Waals surface area contributed by atoms with Gasteiger partial charge in [-0.2, -0.15) is 0 Å². The molecule has 0 bridgehead atoms. The van der Waals surface area contributed by atoms with Crippen LogP contribution in [0, 0.1) is 5.92 Å². The molecule has 0 amide bonds. The topological polar surface area (TPSA) is 42.1 Å². The number of aromatic nitrogens is 1. The molecule has 0 aliphatic carbocycles. The summed E-state index contributed by atoms with van der Waals surface area (Å²) in [6.45, 7) is 11.6. The SMILES string of the molecule is CC(C)c1cc(CN)cc(N(C)C(C)C(C)C)n1. The standard InChI is InChI=1S/C15H27N3/c1-10(2)12(5)18(6)15-8-13(9-16)7-14(17-15)11(3)4/h7-8,10-12H,9,16H2,1-6H3. The lowest BCUT2D eigenvalue weighted by atomic mass is 10.0. The molecule has 1 aromatic heterocycles. The van der Waals surface area contributed by atoms with Crippen molar-refractivity contribution < 1.29 is 0 Å². The molecule has 0 spiro atoms. The van der Waals surface area contributed by atoms with E-state index in [1.54, 1.807) is 0 Å². The highest BCUT2D eigenvalue weighted by Crippen LogP contribution is 2.22. The molecular formula is C15H27N3. The van der Waals surface area contributed by atoms with Gasteiger partial charge in [0.2, 0.25) is 0 Å². The smallest absolute Gasteiger partial charge is 0.129 e. The van der Waals surface area contributed by atoms with E-state index in [-0.39, 0.29) is 0 Å². The predicted molar refractivity (Wildman–Crippen MR) is 78.9 cm³/mol. The van der Waals surface area contributed by atoms with Crippen molar-refractivity contribution >= 4 is 5.82 Å². The largest absolute Gasteiger partial charge is 0.357 e. The number of pyridine rings is 1. The average molecular weight is 249 g/mol. The van der Waals surface area contributed by atoms with E-state index in [0.29, 0.717) is 24.4 Å². The van der Waals surface area contributed by atoms with Gasteiger partial charge in [-0.3, -0.25) is 0 Å². The quantitative estimate of drug-likeness (QED) is 0.871. The third kappa shape index (κ3) is 3.45. The molecule has 1 aromatic rings. The van der Waals surface area contributed by atoms with E-state index in [9.17, 15) is 0 Å². The summed E-state index contributed by atoms with van der Waals surface area (Å²) in [5, 5.41) is 0. The fourth-order valence-corrected chi connectivity index (χ4v) is 1.84. The molecule has 0 saturated carbocycles. The van der Waals surface area contributed by atoms with Crippen LogP contribution in [-0.4, -0.2) is 18.1 Å². The number of hydrogen-bond donors (Lipinski definition) is 1. The van der Waals surface area contributed by atoms with Crippen LogP contribution in [0.25, 0.3) is 0 Å². The fraction of sp³-hybridized carbons (Fsp3) is 0.667. The van der Waals surface area contributed by atoms with Gasteiger partial charge in [0.05, 0.1) is 0 Å². The second kappa shape index (κ2) is 6.19. The number of anilines is 1. The maximum absolute atomic E-state index is 5.78. The van der Waals surface area contributed by atoms with Crippen molar-refractivity contribution in [3.05, 3.63) is 23.4 Å². The zero-order chi connectivity index (χ0) is 13.9. The summed E-state index contributed by atoms with van der Waals surface area (Å²) in [5.74, 6) is 2.06. The van der Waals surface area contributed by atoms with Crippen molar-refractivity contribution in [1.82, 2.24) is 4.98 Å². The molecule has 0 aliphatic heterocycles. The van der Waals surface area contributed by atoms with Crippen LogP contribution in [0.15, 0.2) is 12.1 Å². The maximum Gasteiger partial charge on any atom is 0.129 e. The number of rotatable bonds is 5. The Balaban J connectivity index is 3.11. The molecule has 3 heteroatoms. The maximum atomic E-state index is 5.78. The van der Waals surface area contributed by atoms with Crippen molar-refractivity contribution in [2.75, 3.05) is 11.9 Å². The van der Waals surface area contributed by atoms with Crippen molar-refractivity contribution in [3.63, 3.8) is 0 Å². The van der Waals surface area contributed by atoms with Gasteiger partial charge in [0.25, 0.3) is 0 Å². The first-order valence-electron chi connectivity index (χ1n) is 6.80. The van der Waals surface area contributed by atoms with E-state index >= 15 is 0 Å². The third-order valence-corrected chi connectivity index (χ3v) is 3.66. The van der Waals surface area contributed by atoms with Gasteiger partial charge in [0, 0.05) is 25.3 Å². The molecule has 0 aromatic carbocycles. The van der Waals surface area contributed by atoms with Gasteiger partial charge in [0.1, 0.15) is 5.82 Å². The molecule has 1 atom stereocenters. The highest BCUT2D eigenvalue weighted by atomic mass is 15.2. The lowest BCUT2D eigenvalue weighted by Crippen LogP contribution is -2.34. The second-order valence-electron chi connectivity index (χ2n) is 5.71. The van der Waals surface area contributed by atoms with Crippen LogP contribution < -0.4 is 10.6 Å². The van der Waals surface area contributed by atoms with E-state index in [2.05, 4.69) is 58.7 Å². The summed E-state index contributed by atoms with van der Waals surface area (Å²) in [6.07, 6.45) is 0. The van der Waals surface area contributed by atoms with E-state index in [1.807, 2.05) is 0 Å². The first-order valence-corrected chi connectivity index (χ1v) is 6.80. The summed E-state index contributed by atoms with van der Waals surface area (Å²) in [5.41, 5.74) is 8.06. The normalized spacial score (nSPS) is 13.2. The molecular weight excluding hydrogens is 222 g/mol. The Kier molecular flexibility index (Phi) is 5.15. The Labute approximate surface area is 111 Å². The molecule has 102 valence electrons. The first kappa shape index (κ1) is 15.0. The van der Waals surface area contributed by atoms with Crippen LogP contribution in [0.1, 0.15) is 51.8 Å². The van der Waals surface area contributed by atoms with Gasteiger partial charge in [0.15, 0.2) is 0 Å². The van der Waals surface area contributed by atoms with Crippen molar-refractivity contribution in [3.8, 4) is 0 Å². The molecule has 0 radical (unpaired) electrons. The minimum Gasteiger partial charge on any atom is -0.357 e. The molecule has 0 aliphatic rings. The van der Waals surface area contributed by atoms with Gasteiger partial charge in [-0.15, -0.1) is 0 Å². The first-order chi connectivity index (χ1) is 8.36. The summed E-state index contributed by atoms with van der Waals surface area (Å²) in [4.78, 5) is 7.00. The van der Waals surface area contributed by atoms with Crippen LogP contribution in [0.2, 0.25) is 0 Å². The molecule has 0 fully saturated rings. The average Bonchev–Trinajstić information content (AvgIpc) is 2.35. The lowest BCUT2D eigenvalue weighted by molar-refractivity contribution is 0.502. The zero-order valence-corrected chi connectivity index (χ0v) is 12.6. The van der Waals surface area contributed by atoms with Gasteiger partial charge in [-0.25, -0.2) is 4.98 Å². The van der Waals surface area contributed by atoms with Gasteiger partial charge in [-0.05, 0) is 36.5 Å². The Hall–Kier alpha value is -1.09. The monoisotopic (exact) mass is 249 g/mol. The minimum absolute atomic E-state index is 0.429. The molecule has 2 N–H and O–H groups in total. The van der Waals surface area contributed by atoms with E-state index in [4.69, 9.17) is 10.7 Å². The highest BCUT2D eigenvalue weighted by Gasteiger charge is 2.16. The van der Waals surface area contributed by atoms with Crippen molar-refractivity contribution in [2.45, 2.75) is 53.1 Å². The van der Waals surface area contributed by atoms with E-state index in [1.165, 1.54) is 0 Å². The van der Waals surface area contributed by atoms with Crippen LogP contribution in [-0.2, 0) is 6.54 Å². The number of nitrogens with zero attached hydrogens (tertiary/aromatic N) is 2. The molecule has 1 unspecified atom stereocenters. The van der Waals surface area contributed by atoms with Crippen molar-refractivity contribution in [1.29, 1.82) is 0 Å². The second-order valence-corrected chi connectivity index (χ2v) is 5.71. The predicted octanol–water partition coefficient (Wildman–Crippen LogP) is 3.14. The molecule has 1 heterocycles. The number of nitrogens with two attached hydrogens (primary N) is 1. The molecule has 3 nitrogen and oxygen atoms in total. The summed E-state index contributed by atoms with van der Waals surface area (Å²) in [6, 6.07) is 4.68. The molecule has 1 rings (SSSR count). The zero-order valence-electron chi connectivity index (χ0n) is 12.6. The van der Waals surface area contributed by atoms with Crippen LogP contribution >= 0.6 is 0 Å².